The van der Waals surface area contributed by atoms with Gasteiger partial charge in [0.2, 0.25) is 0 Å². The second-order valence-electron chi connectivity index (χ2n) is 3.83. The van der Waals surface area contributed by atoms with Crippen LogP contribution in [0.15, 0.2) is 0 Å². The minimum Gasteiger partial charge on any atom is -0.328 e. The summed E-state index contributed by atoms with van der Waals surface area (Å²) in [6.45, 7) is 3.93. The molecule has 1 rings (SSSR count). The lowest BCUT2D eigenvalue weighted by Crippen LogP contribution is -2.20. The standard InChI is InChI=1S/C9H17NO/c1-6(2)9(11)7-3-4-8(10)5-7/h6-8H,3-5,10H2,1-2H3/t7-,8-/m0/s1. The maximum atomic E-state index is 11.4. The third-order valence-electron chi connectivity index (χ3n) is 2.44. The topological polar surface area (TPSA) is 43.1 Å². The third kappa shape index (κ3) is 2.03. The van der Waals surface area contributed by atoms with Crippen LogP contribution in [0.2, 0.25) is 0 Å². The molecule has 0 spiro atoms. The van der Waals surface area contributed by atoms with Gasteiger partial charge >= 0.3 is 0 Å². The van der Waals surface area contributed by atoms with E-state index in [9.17, 15) is 4.79 Å². The summed E-state index contributed by atoms with van der Waals surface area (Å²) < 4.78 is 0. The van der Waals surface area contributed by atoms with Crippen LogP contribution in [-0.4, -0.2) is 11.8 Å². The van der Waals surface area contributed by atoms with Gasteiger partial charge in [0.25, 0.3) is 0 Å². The number of ketones is 1. The first kappa shape index (κ1) is 8.72. The van der Waals surface area contributed by atoms with Gasteiger partial charge in [-0.3, -0.25) is 4.79 Å². The van der Waals surface area contributed by atoms with Crippen molar-refractivity contribution in [2.75, 3.05) is 0 Å². The predicted molar refractivity (Wildman–Crippen MR) is 45.2 cm³/mol. The maximum absolute atomic E-state index is 11.4. The van der Waals surface area contributed by atoms with Gasteiger partial charge in [0, 0.05) is 17.9 Å². The molecule has 1 fully saturated rings. The number of Topliss-reactive ketones (excluding diaryl/α,β-unsaturated/α-hetero) is 1. The molecule has 0 heterocycles. The Labute approximate surface area is 68.2 Å². The normalized spacial score (nSPS) is 31.3. The van der Waals surface area contributed by atoms with Crippen molar-refractivity contribution in [2.45, 2.75) is 39.2 Å². The van der Waals surface area contributed by atoms with Gasteiger partial charge in [0.1, 0.15) is 5.78 Å². The summed E-state index contributed by atoms with van der Waals surface area (Å²) in [6, 6.07) is 0.280. The third-order valence-corrected chi connectivity index (χ3v) is 2.44. The lowest BCUT2D eigenvalue weighted by atomic mass is 9.94. The minimum atomic E-state index is 0.185. The fourth-order valence-electron chi connectivity index (χ4n) is 1.75. The Bertz CT molecular complexity index is 154. The molecule has 0 aromatic carbocycles. The van der Waals surface area contributed by atoms with E-state index < -0.39 is 0 Å². The molecule has 0 aromatic rings. The highest BCUT2D eigenvalue weighted by Crippen LogP contribution is 2.26. The van der Waals surface area contributed by atoms with Crippen molar-refractivity contribution in [3.63, 3.8) is 0 Å². The highest BCUT2D eigenvalue weighted by molar-refractivity contribution is 5.83. The van der Waals surface area contributed by atoms with E-state index in [2.05, 4.69) is 0 Å². The molecule has 2 nitrogen and oxygen atoms in total. The second-order valence-corrected chi connectivity index (χ2v) is 3.83. The molecular weight excluding hydrogens is 138 g/mol. The van der Waals surface area contributed by atoms with Gasteiger partial charge in [-0.2, -0.15) is 0 Å². The number of carbonyl (C=O) groups is 1. The first-order valence-corrected chi connectivity index (χ1v) is 4.40. The Morgan fingerprint density at radius 2 is 2.09 bits per heavy atom. The molecule has 1 saturated carbocycles. The van der Waals surface area contributed by atoms with E-state index in [-0.39, 0.29) is 17.9 Å². The maximum Gasteiger partial charge on any atom is 0.138 e. The Morgan fingerprint density at radius 3 is 2.45 bits per heavy atom. The zero-order valence-corrected chi connectivity index (χ0v) is 7.34. The smallest absolute Gasteiger partial charge is 0.138 e. The molecule has 11 heavy (non-hydrogen) atoms. The molecule has 2 N–H and O–H groups in total. The number of rotatable bonds is 2. The Balaban J connectivity index is 2.43. The first-order valence-electron chi connectivity index (χ1n) is 4.40. The molecule has 0 radical (unpaired) electrons. The lowest BCUT2D eigenvalue weighted by molar-refractivity contribution is -0.125. The van der Waals surface area contributed by atoms with Gasteiger partial charge in [-0.15, -0.1) is 0 Å². The fraction of sp³-hybridized carbons (Fsp3) is 0.889. The van der Waals surface area contributed by atoms with Crippen molar-refractivity contribution in [3.05, 3.63) is 0 Å². The van der Waals surface area contributed by atoms with Crippen LogP contribution >= 0.6 is 0 Å². The number of hydrogen-bond acceptors (Lipinski definition) is 2. The highest BCUT2D eigenvalue weighted by atomic mass is 16.1. The molecule has 0 saturated heterocycles. The van der Waals surface area contributed by atoms with Gasteiger partial charge < -0.3 is 5.73 Å². The van der Waals surface area contributed by atoms with Crippen molar-refractivity contribution in [3.8, 4) is 0 Å². The summed E-state index contributed by atoms with van der Waals surface area (Å²) in [5.74, 6) is 0.855. The predicted octanol–water partition coefficient (Wildman–Crippen LogP) is 1.34. The zero-order valence-electron chi connectivity index (χ0n) is 7.34. The van der Waals surface area contributed by atoms with E-state index in [1.807, 2.05) is 13.8 Å². The summed E-state index contributed by atoms with van der Waals surface area (Å²) in [5, 5.41) is 0. The van der Waals surface area contributed by atoms with E-state index in [1.165, 1.54) is 0 Å². The van der Waals surface area contributed by atoms with E-state index >= 15 is 0 Å². The van der Waals surface area contributed by atoms with Crippen LogP contribution in [-0.2, 0) is 4.79 Å². The van der Waals surface area contributed by atoms with Gasteiger partial charge in [0.15, 0.2) is 0 Å². The minimum absolute atomic E-state index is 0.185. The summed E-state index contributed by atoms with van der Waals surface area (Å²) in [6.07, 6.45) is 2.96. The van der Waals surface area contributed by atoms with Gasteiger partial charge in [-0.25, -0.2) is 0 Å². The molecule has 1 aliphatic rings. The Kier molecular flexibility index (Phi) is 2.66. The van der Waals surface area contributed by atoms with E-state index in [4.69, 9.17) is 5.73 Å². The van der Waals surface area contributed by atoms with E-state index in [1.54, 1.807) is 0 Å². The van der Waals surface area contributed by atoms with E-state index in [0.717, 1.165) is 19.3 Å². The van der Waals surface area contributed by atoms with Crippen molar-refractivity contribution < 1.29 is 4.79 Å². The van der Waals surface area contributed by atoms with Crippen LogP contribution in [0.5, 0.6) is 0 Å². The van der Waals surface area contributed by atoms with Gasteiger partial charge in [0.05, 0.1) is 0 Å². The second kappa shape index (κ2) is 3.35. The summed E-state index contributed by atoms with van der Waals surface area (Å²) in [4.78, 5) is 11.4. The molecule has 2 heteroatoms. The molecular formula is C9H17NO. The van der Waals surface area contributed by atoms with Crippen molar-refractivity contribution in [1.29, 1.82) is 0 Å². The Morgan fingerprint density at radius 1 is 1.45 bits per heavy atom. The van der Waals surface area contributed by atoms with Crippen LogP contribution in [0, 0.1) is 11.8 Å². The molecule has 64 valence electrons. The van der Waals surface area contributed by atoms with Crippen LogP contribution in [0.4, 0.5) is 0 Å². The number of hydrogen-bond donors (Lipinski definition) is 1. The lowest BCUT2D eigenvalue weighted by Gasteiger charge is -2.10. The van der Waals surface area contributed by atoms with Crippen molar-refractivity contribution >= 4 is 5.78 Å². The van der Waals surface area contributed by atoms with Crippen LogP contribution in [0.25, 0.3) is 0 Å². The van der Waals surface area contributed by atoms with Crippen LogP contribution in [0.3, 0.4) is 0 Å². The summed E-state index contributed by atoms with van der Waals surface area (Å²) in [7, 11) is 0. The van der Waals surface area contributed by atoms with Gasteiger partial charge in [-0.1, -0.05) is 13.8 Å². The fourth-order valence-corrected chi connectivity index (χ4v) is 1.75. The first-order chi connectivity index (χ1) is 5.11. The molecule has 0 amide bonds. The summed E-state index contributed by atoms with van der Waals surface area (Å²) >= 11 is 0. The average Bonchev–Trinajstić information content (AvgIpc) is 2.34. The molecule has 2 atom stereocenters. The number of carbonyl (C=O) groups excluding carboxylic acids is 1. The largest absolute Gasteiger partial charge is 0.328 e. The zero-order chi connectivity index (χ0) is 8.43. The van der Waals surface area contributed by atoms with E-state index in [0.29, 0.717) is 5.78 Å². The van der Waals surface area contributed by atoms with Crippen molar-refractivity contribution in [1.82, 2.24) is 0 Å². The number of nitrogens with two attached hydrogens (primary N) is 1. The Hall–Kier alpha value is -0.370. The molecule has 0 aromatic heterocycles. The molecule has 0 bridgehead atoms. The molecule has 1 aliphatic carbocycles. The van der Waals surface area contributed by atoms with Crippen LogP contribution in [0.1, 0.15) is 33.1 Å². The van der Waals surface area contributed by atoms with Crippen molar-refractivity contribution in [2.24, 2.45) is 17.6 Å². The summed E-state index contributed by atoms with van der Waals surface area (Å²) in [5.41, 5.74) is 5.71. The van der Waals surface area contributed by atoms with Crippen LogP contribution < -0.4 is 5.73 Å². The van der Waals surface area contributed by atoms with Gasteiger partial charge in [-0.05, 0) is 19.3 Å². The molecule has 0 aliphatic heterocycles. The molecule has 0 unspecified atom stereocenters. The highest BCUT2D eigenvalue weighted by Gasteiger charge is 2.28. The monoisotopic (exact) mass is 155 g/mol. The SMILES string of the molecule is CC(C)C(=O)[C@H]1CC[C@H](N)C1. The quantitative estimate of drug-likeness (QED) is 0.654. The average molecular weight is 155 g/mol.